The molecule has 0 aliphatic carbocycles. The number of aromatic hydroxyl groups is 1. The number of carbonyl (C=O) groups excluding carboxylic acids is 1. The zero-order valence-electron chi connectivity index (χ0n) is 17.0. The van der Waals surface area contributed by atoms with Gasteiger partial charge in [-0.2, -0.15) is 0 Å². The lowest BCUT2D eigenvalue weighted by atomic mass is 9.99. The summed E-state index contributed by atoms with van der Waals surface area (Å²) in [5.41, 5.74) is 5.04. The molecule has 2 saturated heterocycles. The molecule has 0 spiro atoms. The molecule has 0 unspecified atom stereocenters. The Morgan fingerprint density at radius 3 is 1.78 bits per heavy atom. The van der Waals surface area contributed by atoms with Crippen LogP contribution in [0.4, 0.5) is 0 Å². The van der Waals surface area contributed by atoms with Crippen molar-refractivity contribution in [3.63, 3.8) is 0 Å². The molecule has 3 aliphatic rings. The summed E-state index contributed by atoms with van der Waals surface area (Å²) in [4.78, 5) is 20.0. The predicted octanol–water partition coefficient (Wildman–Crippen LogP) is 3.47. The topological polar surface area (TPSA) is 102 Å². The molecule has 0 saturated carbocycles. The number of aromatic nitrogens is 1. The Balaban J connectivity index is 1.32. The minimum Gasteiger partial charge on any atom is -0.494 e. The van der Waals surface area contributed by atoms with Crippen LogP contribution in [0.5, 0.6) is 5.88 Å². The molecule has 32 heavy (non-hydrogen) atoms. The molecule has 0 atom stereocenters. The highest BCUT2D eigenvalue weighted by atomic mass is 16.7. The van der Waals surface area contributed by atoms with E-state index in [4.69, 9.17) is 18.9 Å². The molecule has 3 aromatic rings. The van der Waals surface area contributed by atoms with Crippen LogP contribution in [0.2, 0.25) is 0 Å². The third-order valence-electron chi connectivity index (χ3n) is 5.82. The Kier molecular flexibility index (Phi) is 4.65. The fraction of sp³-hybridized carbons (Fsp3) is 0.250. The van der Waals surface area contributed by atoms with Crippen molar-refractivity contribution < 1.29 is 28.8 Å². The summed E-state index contributed by atoms with van der Waals surface area (Å²) in [6.07, 6.45) is -0.742. The van der Waals surface area contributed by atoms with Gasteiger partial charge in [-0.1, -0.05) is 48.5 Å². The van der Waals surface area contributed by atoms with Gasteiger partial charge >= 0.3 is 0 Å². The van der Waals surface area contributed by atoms with E-state index in [-0.39, 0.29) is 24.4 Å². The van der Waals surface area contributed by atoms with E-state index in [1.165, 1.54) is 0 Å². The number of nitrogens with zero attached hydrogens (tertiary/aromatic N) is 1. The van der Waals surface area contributed by atoms with E-state index in [1.807, 2.05) is 48.5 Å². The van der Waals surface area contributed by atoms with Gasteiger partial charge in [-0.05, 0) is 5.56 Å². The molecule has 2 N–H and O–H groups in total. The van der Waals surface area contributed by atoms with Gasteiger partial charge in [-0.15, -0.1) is 0 Å². The maximum absolute atomic E-state index is 12.8. The van der Waals surface area contributed by atoms with Crippen molar-refractivity contribution in [3.8, 4) is 17.1 Å². The zero-order chi connectivity index (χ0) is 21.7. The Morgan fingerprint density at radius 2 is 1.25 bits per heavy atom. The third-order valence-corrected chi connectivity index (χ3v) is 5.82. The summed E-state index contributed by atoms with van der Waals surface area (Å²) in [5, 5.41) is 10.6. The largest absolute Gasteiger partial charge is 0.494 e. The van der Waals surface area contributed by atoms with Crippen LogP contribution in [0.1, 0.15) is 45.2 Å². The molecule has 4 heterocycles. The molecule has 3 aliphatic heterocycles. The molecular weight excluding hydrogens is 412 g/mol. The van der Waals surface area contributed by atoms with E-state index in [0.29, 0.717) is 49.0 Å². The molecule has 2 aromatic carbocycles. The van der Waals surface area contributed by atoms with Crippen molar-refractivity contribution in [1.82, 2.24) is 4.98 Å². The summed E-state index contributed by atoms with van der Waals surface area (Å²) in [6, 6.07) is 15.0. The van der Waals surface area contributed by atoms with Crippen LogP contribution in [0.15, 0.2) is 53.5 Å². The SMILES string of the molecule is O=C1N=C(c2ccc(C3OCCO3)cc2)c2c(O)[nH]c(-c3ccc(C4OCCO4)cc3)c21. The highest BCUT2D eigenvalue weighted by Gasteiger charge is 2.33. The van der Waals surface area contributed by atoms with Crippen molar-refractivity contribution >= 4 is 11.6 Å². The minimum absolute atomic E-state index is 0.0855. The van der Waals surface area contributed by atoms with Crippen LogP contribution in [-0.2, 0) is 18.9 Å². The molecule has 1 aromatic heterocycles. The van der Waals surface area contributed by atoms with E-state index in [2.05, 4.69) is 9.98 Å². The molecule has 0 radical (unpaired) electrons. The Bertz CT molecular complexity index is 1200. The maximum atomic E-state index is 12.8. The summed E-state index contributed by atoms with van der Waals surface area (Å²) < 4.78 is 22.1. The van der Waals surface area contributed by atoms with Crippen molar-refractivity contribution in [2.24, 2.45) is 4.99 Å². The van der Waals surface area contributed by atoms with Crippen molar-refractivity contribution in [2.75, 3.05) is 26.4 Å². The standard InChI is InChI=1S/C24H20N2O6/c27-21-17-18(20(26-21)14-3-7-16(8-4-14)24-31-11-12-32-24)22(28)25-19(17)13-1-5-15(6-2-13)23-29-9-10-30-23/h1-8,23-25,28H,9-12H2. The number of amides is 1. The Morgan fingerprint density at radius 1 is 0.750 bits per heavy atom. The lowest BCUT2D eigenvalue weighted by Crippen LogP contribution is -2.02. The Hall–Kier alpha value is -3.30. The van der Waals surface area contributed by atoms with Gasteiger partial charge in [0.05, 0.1) is 49.0 Å². The number of carbonyl (C=O) groups is 1. The molecule has 162 valence electrons. The third kappa shape index (κ3) is 3.16. The number of benzene rings is 2. The van der Waals surface area contributed by atoms with E-state index >= 15 is 0 Å². The molecule has 0 bridgehead atoms. The number of rotatable bonds is 4. The van der Waals surface area contributed by atoms with Gasteiger partial charge < -0.3 is 29.0 Å². The average molecular weight is 432 g/mol. The van der Waals surface area contributed by atoms with Crippen molar-refractivity contribution in [3.05, 3.63) is 76.3 Å². The maximum Gasteiger partial charge on any atom is 0.280 e. The first-order valence-corrected chi connectivity index (χ1v) is 10.4. The molecule has 8 heteroatoms. The number of hydrogen-bond acceptors (Lipinski definition) is 6. The van der Waals surface area contributed by atoms with E-state index in [9.17, 15) is 9.90 Å². The van der Waals surface area contributed by atoms with E-state index in [1.54, 1.807) is 0 Å². The first-order chi connectivity index (χ1) is 15.7. The van der Waals surface area contributed by atoms with Crippen LogP contribution in [-0.4, -0.2) is 48.1 Å². The van der Waals surface area contributed by atoms with Gasteiger partial charge in [0.25, 0.3) is 5.91 Å². The van der Waals surface area contributed by atoms with Crippen LogP contribution in [0, 0.1) is 0 Å². The van der Waals surface area contributed by atoms with Gasteiger partial charge in [-0.25, -0.2) is 4.99 Å². The lowest BCUT2D eigenvalue weighted by Gasteiger charge is -2.10. The van der Waals surface area contributed by atoms with E-state index < -0.39 is 0 Å². The number of hydrogen-bond donors (Lipinski definition) is 2. The molecular formula is C24H20N2O6. The number of H-pyrrole nitrogens is 1. The predicted molar refractivity (Wildman–Crippen MR) is 114 cm³/mol. The summed E-state index contributed by atoms with van der Waals surface area (Å²) in [6.45, 7) is 2.28. The van der Waals surface area contributed by atoms with Crippen LogP contribution >= 0.6 is 0 Å². The van der Waals surface area contributed by atoms with Gasteiger partial charge in [-0.3, -0.25) is 4.79 Å². The fourth-order valence-electron chi connectivity index (χ4n) is 4.28. The average Bonchev–Trinajstić information content (AvgIpc) is 3.62. The second-order valence-electron chi connectivity index (χ2n) is 7.76. The van der Waals surface area contributed by atoms with Crippen LogP contribution in [0.3, 0.4) is 0 Å². The summed E-state index contributed by atoms with van der Waals surface area (Å²) in [7, 11) is 0. The summed E-state index contributed by atoms with van der Waals surface area (Å²) >= 11 is 0. The zero-order valence-corrected chi connectivity index (χ0v) is 17.0. The van der Waals surface area contributed by atoms with Gasteiger partial charge in [0.2, 0.25) is 0 Å². The number of aliphatic imine (C=N–C) groups is 1. The van der Waals surface area contributed by atoms with Gasteiger partial charge in [0.15, 0.2) is 18.5 Å². The number of fused-ring (bicyclic) bond motifs is 1. The second kappa shape index (κ2) is 7.68. The number of ether oxygens (including phenoxy) is 4. The van der Waals surface area contributed by atoms with Crippen LogP contribution in [0.25, 0.3) is 11.3 Å². The smallest absolute Gasteiger partial charge is 0.280 e. The molecule has 8 nitrogen and oxygen atoms in total. The minimum atomic E-state index is -0.389. The molecule has 1 amide bonds. The number of nitrogens with one attached hydrogen (secondary N) is 1. The summed E-state index contributed by atoms with van der Waals surface area (Å²) in [5.74, 6) is -0.475. The highest BCUT2D eigenvalue weighted by Crippen LogP contribution is 2.38. The fourth-order valence-corrected chi connectivity index (χ4v) is 4.28. The van der Waals surface area contributed by atoms with Gasteiger partial charge in [0, 0.05) is 16.7 Å². The molecule has 2 fully saturated rings. The molecule has 6 rings (SSSR count). The normalized spacial score (nSPS) is 19.0. The quantitative estimate of drug-likeness (QED) is 0.655. The monoisotopic (exact) mass is 432 g/mol. The first kappa shape index (κ1) is 19.4. The second-order valence-corrected chi connectivity index (χ2v) is 7.76. The first-order valence-electron chi connectivity index (χ1n) is 10.4. The Labute approximate surface area is 183 Å². The van der Waals surface area contributed by atoms with E-state index in [0.717, 1.165) is 22.3 Å². The van der Waals surface area contributed by atoms with Crippen molar-refractivity contribution in [1.29, 1.82) is 0 Å². The highest BCUT2D eigenvalue weighted by molar-refractivity contribution is 6.30. The van der Waals surface area contributed by atoms with Crippen LogP contribution < -0.4 is 0 Å². The van der Waals surface area contributed by atoms with Crippen molar-refractivity contribution in [2.45, 2.75) is 12.6 Å². The van der Waals surface area contributed by atoms with Gasteiger partial charge in [0.1, 0.15) is 0 Å². The number of aromatic amines is 1. The lowest BCUT2D eigenvalue weighted by molar-refractivity contribution is -0.0443.